The van der Waals surface area contributed by atoms with Crippen molar-refractivity contribution in [2.75, 3.05) is 26.4 Å². The predicted molar refractivity (Wildman–Crippen MR) is 82.4 cm³/mol. The maximum absolute atomic E-state index is 5.90. The fourth-order valence-corrected chi connectivity index (χ4v) is 2.77. The maximum atomic E-state index is 5.90. The Bertz CT molecular complexity index is 406. The number of nitrogens with one attached hydrogen (secondary N) is 1. The molecule has 1 aliphatic carbocycles. The molecule has 0 saturated carbocycles. The second-order valence-electron chi connectivity index (χ2n) is 5.29. The summed E-state index contributed by atoms with van der Waals surface area (Å²) in [6, 6.07) is 6.90. The SMILES string of the molecule is CCCCOCCOc1cccc2c1CCC2NCC. The largest absolute Gasteiger partial charge is 0.491 e. The molecule has 1 aliphatic rings. The quantitative estimate of drug-likeness (QED) is 0.701. The third-order valence-corrected chi connectivity index (χ3v) is 3.81. The Balaban J connectivity index is 1.84. The normalized spacial score (nSPS) is 17.2. The van der Waals surface area contributed by atoms with Crippen LogP contribution >= 0.6 is 0 Å². The lowest BCUT2D eigenvalue weighted by molar-refractivity contribution is 0.0977. The van der Waals surface area contributed by atoms with E-state index >= 15 is 0 Å². The molecule has 0 saturated heterocycles. The monoisotopic (exact) mass is 277 g/mol. The van der Waals surface area contributed by atoms with Crippen LogP contribution in [0.4, 0.5) is 0 Å². The van der Waals surface area contributed by atoms with Gasteiger partial charge in [0.1, 0.15) is 12.4 Å². The van der Waals surface area contributed by atoms with Crippen LogP contribution in [0.5, 0.6) is 5.75 Å². The van der Waals surface area contributed by atoms with Crippen LogP contribution in [-0.4, -0.2) is 26.4 Å². The first-order valence-electron chi connectivity index (χ1n) is 7.92. The van der Waals surface area contributed by atoms with Gasteiger partial charge in [-0.15, -0.1) is 0 Å². The lowest BCUT2D eigenvalue weighted by atomic mass is 10.1. The van der Waals surface area contributed by atoms with E-state index in [1.165, 1.54) is 24.0 Å². The smallest absolute Gasteiger partial charge is 0.122 e. The Morgan fingerprint density at radius 2 is 2.10 bits per heavy atom. The number of ether oxygens (including phenoxy) is 2. The first-order valence-corrected chi connectivity index (χ1v) is 7.92. The van der Waals surface area contributed by atoms with Gasteiger partial charge in [-0.25, -0.2) is 0 Å². The highest BCUT2D eigenvalue weighted by Crippen LogP contribution is 2.36. The number of hydrogen-bond acceptors (Lipinski definition) is 3. The Morgan fingerprint density at radius 1 is 1.20 bits per heavy atom. The summed E-state index contributed by atoms with van der Waals surface area (Å²) < 4.78 is 11.4. The number of hydrogen-bond donors (Lipinski definition) is 1. The van der Waals surface area contributed by atoms with E-state index in [0.29, 0.717) is 19.3 Å². The fourth-order valence-electron chi connectivity index (χ4n) is 2.77. The van der Waals surface area contributed by atoms with Crippen LogP contribution in [0.3, 0.4) is 0 Å². The van der Waals surface area contributed by atoms with Crippen molar-refractivity contribution in [3.05, 3.63) is 29.3 Å². The van der Waals surface area contributed by atoms with Gasteiger partial charge in [0.25, 0.3) is 0 Å². The molecule has 0 spiro atoms. The number of rotatable bonds is 9. The summed E-state index contributed by atoms with van der Waals surface area (Å²) in [6.45, 7) is 7.52. The molecule has 3 heteroatoms. The summed E-state index contributed by atoms with van der Waals surface area (Å²) in [5, 5.41) is 3.54. The molecule has 112 valence electrons. The third-order valence-electron chi connectivity index (χ3n) is 3.81. The van der Waals surface area contributed by atoms with E-state index in [0.717, 1.165) is 31.7 Å². The van der Waals surface area contributed by atoms with Crippen molar-refractivity contribution in [2.24, 2.45) is 0 Å². The van der Waals surface area contributed by atoms with Gasteiger partial charge >= 0.3 is 0 Å². The second-order valence-corrected chi connectivity index (χ2v) is 5.29. The van der Waals surface area contributed by atoms with Crippen LogP contribution < -0.4 is 10.1 Å². The minimum atomic E-state index is 0.499. The Labute approximate surface area is 122 Å². The van der Waals surface area contributed by atoms with Gasteiger partial charge in [-0.2, -0.15) is 0 Å². The molecule has 20 heavy (non-hydrogen) atoms. The average molecular weight is 277 g/mol. The molecule has 1 N–H and O–H groups in total. The van der Waals surface area contributed by atoms with E-state index in [9.17, 15) is 0 Å². The zero-order valence-electron chi connectivity index (χ0n) is 12.8. The Morgan fingerprint density at radius 3 is 2.90 bits per heavy atom. The molecular weight excluding hydrogens is 250 g/mol. The molecule has 0 radical (unpaired) electrons. The molecule has 0 amide bonds. The van der Waals surface area contributed by atoms with Crippen molar-refractivity contribution in [3.63, 3.8) is 0 Å². The zero-order chi connectivity index (χ0) is 14.2. The van der Waals surface area contributed by atoms with Crippen molar-refractivity contribution in [1.82, 2.24) is 5.32 Å². The van der Waals surface area contributed by atoms with Crippen LogP contribution in [0.25, 0.3) is 0 Å². The van der Waals surface area contributed by atoms with Gasteiger partial charge in [0.2, 0.25) is 0 Å². The second kappa shape index (κ2) is 8.28. The van der Waals surface area contributed by atoms with Crippen molar-refractivity contribution in [2.45, 2.75) is 45.6 Å². The lowest BCUT2D eigenvalue weighted by Gasteiger charge is -2.14. The molecule has 1 atom stereocenters. The van der Waals surface area contributed by atoms with Gasteiger partial charge in [-0.3, -0.25) is 0 Å². The van der Waals surface area contributed by atoms with Crippen molar-refractivity contribution >= 4 is 0 Å². The van der Waals surface area contributed by atoms with E-state index in [-0.39, 0.29) is 0 Å². The molecule has 2 rings (SSSR count). The molecule has 3 nitrogen and oxygen atoms in total. The number of benzene rings is 1. The summed E-state index contributed by atoms with van der Waals surface area (Å²) in [7, 11) is 0. The molecule has 0 fully saturated rings. The van der Waals surface area contributed by atoms with Crippen LogP contribution in [0, 0.1) is 0 Å². The van der Waals surface area contributed by atoms with Gasteiger partial charge < -0.3 is 14.8 Å². The van der Waals surface area contributed by atoms with E-state index in [4.69, 9.17) is 9.47 Å². The third kappa shape index (κ3) is 3.97. The molecule has 1 unspecified atom stereocenters. The first kappa shape index (κ1) is 15.3. The number of fused-ring (bicyclic) bond motifs is 1. The average Bonchev–Trinajstić information content (AvgIpc) is 2.87. The van der Waals surface area contributed by atoms with Crippen molar-refractivity contribution in [1.29, 1.82) is 0 Å². The van der Waals surface area contributed by atoms with Gasteiger partial charge in [0.05, 0.1) is 6.61 Å². The van der Waals surface area contributed by atoms with Gasteiger partial charge in [-0.05, 0) is 43.0 Å². The topological polar surface area (TPSA) is 30.5 Å². The van der Waals surface area contributed by atoms with Gasteiger partial charge in [-0.1, -0.05) is 32.4 Å². The van der Waals surface area contributed by atoms with Crippen LogP contribution in [0.15, 0.2) is 18.2 Å². The highest BCUT2D eigenvalue weighted by molar-refractivity contribution is 5.45. The molecule has 1 aromatic rings. The minimum Gasteiger partial charge on any atom is -0.491 e. The van der Waals surface area contributed by atoms with Crippen LogP contribution in [0.2, 0.25) is 0 Å². The zero-order valence-corrected chi connectivity index (χ0v) is 12.8. The van der Waals surface area contributed by atoms with Gasteiger partial charge in [0, 0.05) is 12.6 Å². The minimum absolute atomic E-state index is 0.499. The van der Waals surface area contributed by atoms with Crippen molar-refractivity contribution in [3.8, 4) is 5.75 Å². The fraction of sp³-hybridized carbons (Fsp3) is 0.647. The van der Waals surface area contributed by atoms with Crippen LogP contribution in [0.1, 0.15) is 50.3 Å². The molecule has 0 aromatic heterocycles. The molecule has 0 bridgehead atoms. The molecule has 1 aromatic carbocycles. The van der Waals surface area contributed by atoms with E-state index in [1.807, 2.05) is 0 Å². The Kier molecular flexibility index (Phi) is 6.34. The first-order chi connectivity index (χ1) is 9.86. The molecule has 0 heterocycles. The van der Waals surface area contributed by atoms with E-state index < -0.39 is 0 Å². The van der Waals surface area contributed by atoms with Crippen molar-refractivity contribution < 1.29 is 9.47 Å². The summed E-state index contributed by atoms with van der Waals surface area (Å²) in [5.74, 6) is 1.04. The lowest BCUT2D eigenvalue weighted by Crippen LogP contribution is -2.18. The van der Waals surface area contributed by atoms with Gasteiger partial charge in [0.15, 0.2) is 0 Å². The maximum Gasteiger partial charge on any atom is 0.122 e. The standard InChI is InChI=1S/C17H27NO2/c1-3-5-11-19-12-13-20-17-8-6-7-14-15(17)9-10-16(14)18-4-2/h6-8,16,18H,3-5,9-13H2,1-2H3. The summed E-state index contributed by atoms with van der Waals surface area (Å²) >= 11 is 0. The molecule has 0 aliphatic heterocycles. The summed E-state index contributed by atoms with van der Waals surface area (Å²) in [5.41, 5.74) is 2.79. The van der Waals surface area contributed by atoms with E-state index in [1.54, 1.807) is 0 Å². The highest BCUT2D eigenvalue weighted by atomic mass is 16.5. The Hall–Kier alpha value is -1.06. The number of unbranched alkanes of at least 4 members (excludes halogenated alkanes) is 1. The summed E-state index contributed by atoms with van der Waals surface area (Å²) in [4.78, 5) is 0. The molecular formula is C17H27NO2. The predicted octanol–water partition coefficient (Wildman–Crippen LogP) is 3.48. The van der Waals surface area contributed by atoms with E-state index in [2.05, 4.69) is 37.4 Å². The summed E-state index contributed by atoms with van der Waals surface area (Å²) in [6.07, 6.45) is 4.60. The van der Waals surface area contributed by atoms with Crippen LogP contribution in [-0.2, 0) is 11.2 Å². The highest BCUT2D eigenvalue weighted by Gasteiger charge is 2.24.